The zero-order valence-corrected chi connectivity index (χ0v) is 12.0. The Balaban J connectivity index is 1.62. The van der Waals surface area contributed by atoms with Gasteiger partial charge in [0.2, 0.25) is 0 Å². The van der Waals surface area contributed by atoms with Crippen LogP contribution in [0.15, 0.2) is 0 Å². The van der Waals surface area contributed by atoms with Gasteiger partial charge in [-0.3, -0.25) is 0 Å². The molecule has 3 N–H and O–H groups in total. The largest absolute Gasteiger partial charge is 0.338 e. The second kappa shape index (κ2) is 6.56. The maximum Gasteiger partial charge on any atom is 0.314 e. The fraction of sp³-hybridized carbons (Fsp3) is 0.917. The third-order valence-electron chi connectivity index (χ3n) is 3.78. The van der Waals surface area contributed by atoms with E-state index >= 15 is 0 Å². The minimum absolute atomic E-state index is 0.0640. The summed E-state index contributed by atoms with van der Waals surface area (Å²) >= 11 is 0. The first-order valence-electron chi connectivity index (χ1n) is 7.01. The van der Waals surface area contributed by atoms with Crippen LogP contribution in [0.4, 0.5) is 4.79 Å². The SMILES string of the molecule is O=C(NCC1CCCS(=O)(=O)C1)NCC1CCCN1. The third-order valence-corrected chi connectivity index (χ3v) is 5.67. The molecule has 2 fully saturated rings. The number of hydrogen-bond donors (Lipinski definition) is 3. The average Bonchev–Trinajstić information content (AvgIpc) is 2.86. The van der Waals surface area contributed by atoms with Crippen molar-refractivity contribution in [1.29, 1.82) is 0 Å². The zero-order valence-electron chi connectivity index (χ0n) is 11.2. The first kappa shape index (κ1) is 14.6. The lowest BCUT2D eigenvalue weighted by Crippen LogP contribution is -2.44. The van der Waals surface area contributed by atoms with Crippen molar-refractivity contribution in [2.45, 2.75) is 31.7 Å². The third kappa shape index (κ3) is 4.99. The van der Waals surface area contributed by atoms with Crippen LogP contribution in [0.25, 0.3) is 0 Å². The van der Waals surface area contributed by atoms with Gasteiger partial charge in [-0.1, -0.05) is 0 Å². The minimum atomic E-state index is -2.89. The Morgan fingerprint density at radius 1 is 1.16 bits per heavy atom. The summed E-state index contributed by atoms with van der Waals surface area (Å²) in [5, 5.41) is 8.90. The molecule has 2 unspecified atom stereocenters. The van der Waals surface area contributed by atoms with Crippen molar-refractivity contribution in [2.24, 2.45) is 5.92 Å². The molecule has 0 bridgehead atoms. The van der Waals surface area contributed by atoms with Gasteiger partial charge in [-0.15, -0.1) is 0 Å². The van der Waals surface area contributed by atoms with E-state index in [1.807, 2.05) is 0 Å². The maximum absolute atomic E-state index is 11.6. The summed E-state index contributed by atoms with van der Waals surface area (Å²) < 4.78 is 22.9. The summed E-state index contributed by atoms with van der Waals surface area (Å²) in [5.41, 5.74) is 0. The van der Waals surface area contributed by atoms with E-state index in [0.717, 1.165) is 25.8 Å². The van der Waals surface area contributed by atoms with E-state index in [9.17, 15) is 13.2 Å². The van der Waals surface area contributed by atoms with Gasteiger partial charge in [0.15, 0.2) is 9.84 Å². The van der Waals surface area contributed by atoms with Crippen LogP contribution in [-0.4, -0.2) is 51.6 Å². The van der Waals surface area contributed by atoms with Gasteiger partial charge in [-0.2, -0.15) is 0 Å². The number of sulfone groups is 1. The number of urea groups is 1. The molecular formula is C12H23N3O3S. The van der Waals surface area contributed by atoms with Gasteiger partial charge in [0.05, 0.1) is 11.5 Å². The normalized spacial score (nSPS) is 29.9. The predicted octanol–water partition coefficient (Wildman–Crippen LogP) is -0.138. The number of carbonyl (C=O) groups is 1. The predicted molar refractivity (Wildman–Crippen MR) is 73.8 cm³/mol. The van der Waals surface area contributed by atoms with Crippen molar-refractivity contribution in [3.63, 3.8) is 0 Å². The molecule has 2 rings (SSSR count). The molecule has 2 aliphatic heterocycles. The van der Waals surface area contributed by atoms with Crippen molar-refractivity contribution in [3.05, 3.63) is 0 Å². The van der Waals surface area contributed by atoms with E-state index < -0.39 is 9.84 Å². The Hall–Kier alpha value is -0.820. The molecule has 0 aromatic carbocycles. The molecule has 0 radical (unpaired) electrons. The maximum atomic E-state index is 11.6. The average molecular weight is 289 g/mol. The molecule has 0 spiro atoms. The van der Waals surface area contributed by atoms with E-state index in [1.54, 1.807) is 0 Å². The highest BCUT2D eigenvalue weighted by Gasteiger charge is 2.25. The summed E-state index contributed by atoms with van der Waals surface area (Å²) in [4.78, 5) is 11.6. The van der Waals surface area contributed by atoms with Crippen LogP contribution in [0.1, 0.15) is 25.7 Å². The molecule has 19 heavy (non-hydrogen) atoms. The number of rotatable bonds is 4. The van der Waals surface area contributed by atoms with Gasteiger partial charge in [0, 0.05) is 19.1 Å². The van der Waals surface area contributed by atoms with Crippen molar-refractivity contribution in [3.8, 4) is 0 Å². The molecule has 2 heterocycles. The lowest BCUT2D eigenvalue weighted by Gasteiger charge is -2.22. The highest BCUT2D eigenvalue weighted by atomic mass is 32.2. The fourth-order valence-corrected chi connectivity index (χ4v) is 4.50. The molecule has 110 valence electrons. The number of hydrogen-bond acceptors (Lipinski definition) is 4. The van der Waals surface area contributed by atoms with Gasteiger partial charge in [0.1, 0.15) is 0 Å². The zero-order chi connectivity index (χ0) is 13.7. The number of amides is 2. The molecule has 0 aromatic heterocycles. The quantitative estimate of drug-likeness (QED) is 0.672. The Labute approximate surface area is 114 Å². The molecule has 0 aliphatic carbocycles. The highest BCUT2D eigenvalue weighted by Crippen LogP contribution is 2.17. The van der Waals surface area contributed by atoms with E-state index in [0.29, 0.717) is 31.3 Å². The van der Waals surface area contributed by atoms with Gasteiger partial charge < -0.3 is 16.0 Å². The van der Waals surface area contributed by atoms with Crippen LogP contribution < -0.4 is 16.0 Å². The Morgan fingerprint density at radius 3 is 2.63 bits per heavy atom. The molecular weight excluding hydrogens is 266 g/mol. The Kier molecular flexibility index (Phi) is 5.04. The van der Waals surface area contributed by atoms with Gasteiger partial charge >= 0.3 is 6.03 Å². The second-order valence-corrected chi connectivity index (χ2v) is 7.74. The van der Waals surface area contributed by atoms with Crippen molar-refractivity contribution >= 4 is 15.9 Å². The summed E-state index contributed by atoms with van der Waals surface area (Å²) in [6.45, 7) is 2.10. The van der Waals surface area contributed by atoms with Crippen LogP contribution in [0.5, 0.6) is 0 Å². The van der Waals surface area contributed by atoms with Gasteiger partial charge in [-0.25, -0.2) is 13.2 Å². The standard InChI is InChI=1S/C12H23N3O3S/c16-12(15-8-11-4-1-5-13-11)14-7-10-3-2-6-19(17,18)9-10/h10-11,13H,1-9H2,(H2,14,15,16). The molecule has 0 aromatic rings. The molecule has 2 amide bonds. The van der Waals surface area contributed by atoms with Crippen LogP contribution >= 0.6 is 0 Å². The van der Waals surface area contributed by atoms with Crippen LogP contribution in [-0.2, 0) is 9.84 Å². The summed E-state index contributed by atoms with van der Waals surface area (Å²) in [6, 6.07) is 0.178. The first-order valence-corrected chi connectivity index (χ1v) is 8.83. The molecule has 2 saturated heterocycles. The minimum Gasteiger partial charge on any atom is -0.338 e. The van der Waals surface area contributed by atoms with Crippen molar-refractivity contribution in [2.75, 3.05) is 31.1 Å². The topological polar surface area (TPSA) is 87.3 Å². The van der Waals surface area contributed by atoms with Crippen molar-refractivity contribution in [1.82, 2.24) is 16.0 Å². The van der Waals surface area contributed by atoms with E-state index in [-0.39, 0.29) is 17.7 Å². The Morgan fingerprint density at radius 2 is 1.95 bits per heavy atom. The molecule has 0 saturated carbocycles. The van der Waals surface area contributed by atoms with Crippen LogP contribution in [0.2, 0.25) is 0 Å². The van der Waals surface area contributed by atoms with Crippen LogP contribution in [0.3, 0.4) is 0 Å². The smallest absolute Gasteiger partial charge is 0.314 e. The fourth-order valence-electron chi connectivity index (χ4n) is 2.73. The second-order valence-electron chi connectivity index (χ2n) is 5.51. The highest BCUT2D eigenvalue weighted by molar-refractivity contribution is 7.91. The van der Waals surface area contributed by atoms with Crippen LogP contribution in [0, 0.1) is 5.92 Å². The summed E-state index contributed by atoms with van der Waals surface area (Å²) in [7, 11) is -2.89. The first-order chi connectivity index (χ1) is 9.05. The Bertz CT molecular complexity index is 404. The van der Waals surface area contributed by atoms with Gasteiger partial charge in [0.25, 0.3) is 0 Å². The molecule has 2 atom stereocenters. The number of nitrogens with one attached hydrogen (secondary N) is 3. The van der Waals surface area contributed by atoms with Gasteiger partial charge in [-0.05, 0) is 38.1 Å². The molecule has 6 nitrogen and oxygen atoms in total. The molecule has 2 aliphatic rings. The monoisotopic (exact) mass is 289 g/mol. The summed E-state index contributed by atoms with van der Waals surface area (Å²) in [5.74, 6) is 0.564. The van der Waals surface area contributed by atoms with Crippen molar-refractivity contribution < 1.29 is 13.2 Å². The van der Waals surface area contributed by atoms with E-state index in [4.69, 9.17) is 0 Å². The lowest BCUT2D eigenvalue weighted by atomic mass is 10.1. The number of carbonyl (C=O) groups excluding carboxylic acids is 1. The van der Waals surface area contributed by atoms with E-state index in [2.05, 4.69) is 16.0 Å². The summed E-state index contributed by atoms with van der Waals surface area (Å²) in [6.07, 6.45) is 3.85. The molecule has 7 heteroatoms. The van der Waals surface area contributed by atoms with E-state index in [1.165, 1.54) is 0 Å². The lowest BCUT2D eigenvalue weighted by molar-refractivity contribution is 0.237.